The lowest BCUT2D eigenvalue weighted by Crippen LogP contribution is -2.27. The summed E-state index contributed by atoms with van der Waals surface area (Å²) in [5.74, 6) is 2.27. The third kappa shape index (κ3) is 2.49. The van der Waals surface area contributed by atoms with Crippen LogP contribution in [0.5, 0.6) is 0 Å². The molecule has 0 bridgehead atoms. The molecule has 0 N–H and O–H groups in total. The Morgan fingerprint density at radius 3 is 2.91 bits per heavy atom. The van der Waals surface area contributed by atoms with Crippen LogP contribution >= 0.6 is 0 Å². The number of imidazole rings is 1. The number of hydrogen-bond donors (Lipinski definition) is 0. The summed E-state index contributed by atoms with van der Waals surface area (Å²) < 4.78 is 2.11. The Morgan fingerprint density at radius 1 is 1.27 bits per heavy atom. The van der Waals surface area contributed by atoms with Crippen molar-refractivity contribution in [1.82, 2.24) is 24.4 Å². The zero-order valence-corrected chi connectivity index (χ0v) is 12.6. The summed E-state index contributed by atoms with van der Waals surface area (Å²) in [7, 11) is 0. The van der Waals surface area contributed by atoms with E-state index in [0.717, 1.165) is 30.4 Å². The minimum absolute atomic E-state index is 0.312. The fourth-order valence-corrected chi connectivity index (χ4v) is 3.22. The summed E-state index contributed by atoms with van der Waals surface area (Å²) in [6.07, 6.45) is 8.52. The maximum atomic E-state index is 12.1. The van der Waals surface area contributed by atoms with Gasteiger partial charge < -0.3 is 9.47 Å². The van der Waals surface area contributed by atoms with Gasteiger partial charge in [0.05, 0.1) is 0 Å². The van der Waals surface area contributed by atoms with Crippen LogP contribution in [0.4, 0.5) is 0 Å². The van der Waals surface area contributed by atoms with Crippen LogP contribution < -0.4 is 0 Å². The van der Waals surface area contributed by atoms with E-state index in [0.29, 0.717) is 24.3 Å². The highest BCUT2D eigenvalue weighted by molar-refractivity contribution is 5.79. The number of likely N-dealkylation sites (tertiary alicyclic amines) is 1. The first-order valence-corrected chi connectivity index (χ1v) is 7.81. The van der Waals surface area contributed by atoms with Gasteiger partial charge in [0.15, 0.2) is 5.82 Å². The summed E-state index contributed by atoms with van der Waals surface area (Å²) in [6.45, 7) is 3.57. The highest BCUT2D eigenvalue weighted by Crippen LogP contribution is 2.33. The van der Waals surface area contributed by atoms with Crippen LogP contribution in [-0.4, -0.2) is 42.9 Å². The third-order valence-corrected chi connectivity index (χ3v) is 4.40. The van der Waals surface area contributed by atoms with Gasteiger partial charge in [0.1, 0.15) is 11.5 Å². The molecule has 2 aliphatic rings. The van der Waals surface area contributed by atoms with Gasteiger partial charge in [0, 0.05) is 50.1 Å². The van der Waals surface area contributed by atoms with Crippen molar-refractivity contribution in [2.75, 3.05) is 6.54 Å². The van der Waals surface area contributed by atoms with Gasteiger partial charge in [-0.05, 0) is 25.8 Å². The van der Waals surface area contributed by atoms with Gasteiger partial charge in [-0.25, -0.2) is 15.0 Å². The van der Waals surface area contributed by atoms with Crippen molar-refractivity contribution in [2.45, 2.75) is 38.8 Å². The molecule has 2 aromatic rings. The second-order valence-electron chi connectivity index (χ2n) is 6.24. The average Bonchev–Trinajstić information content (AvgIpc) is 3.12. The number of aryl methyl sites for hydroxylation is 1. The molecule has 6 nitrogen and oxygen atoms in total. The largest absolute Gasteiger partial charge is 0.339 e. The molecule has 2 fully saturated rings. The summed E-state index contributed by atoms with van der Waals surface area (Å²) in [4.78, 5) is 27.1. The summed E-state index contributed by atoms with van der Waals surface area (Å²) >= 11 is 0. The Kier molecular flexibility index (Phi) is 3.17. The molecule has 2 aromatic heterocycles. The molecule has 1 aliphatic heterocycles. The minimum atomic E-state index is 0.312. The molecular formula is C16H19N5O. The molecule has 0 radical (unpaired) electrons. The van der Waals surface area contributed by atoms with Crippen molar-refractivity contribution in [3.8, 4) is 11.5 Å². The van der Waals surface area contributed by atoms with Crippen LogP contribution in [0.25, 0.3) is 11.5 Å². The fraction of sp³-hybridized carbons (Fsp3) is 0.500. The average molecular weight is 297 g/mol. The van der Waals surface area contributed by atoms with E-state index in [9.17, 15) is 4.79 Å². The molecule has 1 saturated carbocycles. The Balaban J connectivity index is 1.52. The van der Waals surface area contributed by atoms with Gasteiger partial charge in [-0.3, -0.25) is 4.79 Å². The molecule has 1 amide bonds. The molecule has 1 unspecified atom stereocenters. The maximum Gasteiger partial charge on any atom is 0.223 e. The number of aromatic nitrogens is 4. The predicted octanol–water partition coefficient (Wildman–Crippen LogP) is 1.66. The van der Waals surface area contributed by atoms with E-state index in [1.165, 1.54) is 12.8 Å². The number of hydrogen-bond acceptors (Lipinski definition) is 4. The maximum absolute atomic E-state index is 12.1. The van der Waals surface area contributed by atoms with E-state index < -0.39 is 0 Å². The molecule has 4 rings (SSSR count). The zero-order chi connectivity index (χ0) is 15.1. The Morgan fingerprint density at radius 2 is 2.14 bits per heavy atom. The molecule has 1 atom stereocenters. The first-order chi connectivity index (χ1) is 10.7. The fourth-order valence-electron chi connectivity index (χ4n) is 3.22. The van der Waals surface area contributed by atoms with Gasteiger partial charge in [0.25, 0.3) is 0 Å². The Labute approximate surface area is 129 Å². The number of carbonyl (C=O) groups is 1. The number of carbonyl (C=O) groups excluding carboxylic acids is 1. The first-order valence-electron chi connectivity index (χ1n) is 7.81. The van der Waals surface area contributed by atoms with E-state index in [-0.39, 0.29) is 0 Å². The third-order valence-electron chi connectivity index (χ3n) is 4.40. The van der Waals surface area contributed by atoms with Gasteiger partial charge in [-0.2, -0.15) is 0 Å². The zero-order valence-electron chi connectivity index (χ0n) is 12.6. The smallest absolute Gasteiger partial charge is 0.223 e. The van der Waals surface area contributed by atoms with Crippen molar-refractivity contribution < 1.29 is 4.79 Å². The van der Waals surface area contributed by atoms with Crippen molar-refractivity contribution in [2.24, 2.45) is 5.92 Å². The molecule has 6 heteroatoms. The van der Waals surface area contributed by atoms with Crippen LogP contribution in [0.1, 0.15) is 25.1 Å². The van der Waals surface area contributed by atoms with Crippen LogP contribution in [0, 0.1) is 12.8 Å². The van der Waals surface area contributed by atoms with Gasteiger partial charge in [0.2, 0.25) is 5.91 Å². The van der Waals surface area contributed by atoms with Crippen LogP contribution in [-0.2, 0) is 11.3 Å². The van der Waals surface area contributed by atoms with Crippen molar-refractivity contribution >= 4 is 5.91 Å². The number of amides is 1. The van der Waals surface area contributed by atoms with E-state index in [1.54, 1.807) is 12.4 Å². The quantitative estimate of drug-likeness (QED) is 0.861. The van der Waals surface area contributed by atoms with E-state index in [1.807, 2.05) is 19.2 Å². The minimum Gasteiger partial charge on any atom is -0.339 e. The lowest BCUT2D eigenvalue weighted by molar-refractivity contribution is -0.128. The molecule has 3 heterocycles. The van der Waals surface area contributed by atoms with Crippen molar-refractivity contribution in [1.29, 1.82) is 0 Å². The topological polar surface area (TPSA) is 63.9 Å². The molecule has 1 aliphatic carbocycles. The highest BCUT2D eigenvalue weighted by atomic mass is 16.2. The SMILES string of the molecule is Cc1nccc(-c2nccn2CC2CC(=O)N(C3CC3)C2)n1. The van der Waals surface area contributed by atoms with Crippen LogP contribution in [0.2, 0.25) is 0 Å². The van der Waals surface area contributed by atoms with E-state index in [2.05, 4.69) is 24.4 Å². The van der Waals surface area contributed by atoms with Crippen LogP contribution in [0.15, 0.2) is 24.7 Å². The van der Waals surface area contributed by atoms with Gasteiger partial charge in [-0.15, -0.1) is 0 Å². The molecule has 0 spiro atoms. The second-order valence-corrected chi connectivity index (χ2v) is 6.24. The van der Waals surface area contributed by atoms with Crippen molar-refractivity contribution in [3.63, 3.8) is 0 Å². The van der Waals surface area contributed by atoms with Gasteiger partial charge >= 0.3 is 0 Å². The first kappa shape index (κ1) is 13.4. The number of rotatable bonds is 4. The van der Waals surface area contributed by atoms with Gasteiger partial charge in [-0.1, -0.05) is 0 Å². The van der Waals surface area contributed by atoms with E-state index in [4.69, 9.17) is 0 Å². The Bertz CT molecular complexity index is 706. The Hall–Kier alpha value is -2.24. The molecule has 22 heavy (non-hydrogen) atoms. The van der Waals surface area contributed by atoms with Crippen LogP contribution in [0.3, 0.4) is 0 Å². The van der Waals surface area contributed by atoms with E-state index >= 15 is 0 Å². The lowest BCUT2D eigenvalue weighted by atomic mass is 10.1. The molecule has 0 aromatic carbocycles. The van der Waals surface area contributed by atoms with Crippen molar-refractivity contribution in [3.05, 3.63) is 30.5 Å². The predicted molar refractivity (Wildman–Crippen MR) is 80.8 cm³/mol. The monoisotopic (exact) mass is 297 g/mol. The standard InChI is InChI=1S/C16H19N5O/c1-11-17-5-4-14(19-11)16-18-6-7-20(16)9-12-8-15(22)21(10-12)13-2-3-13/h4-7,12-13H,2-3,8-10H2,1H3. The molecule has 114 valence electrons. The number of nitrogens with zero attached hydrogens (tertiary/aromatic N) is 5. The highest BCUT2D eigenvalue weighted by Gasteiger charge is 2.39. The second kappa shape index (κ2) is 5.19. The summed E-state index contributed by atoms with van der Waals surface area (Å²) in [5, 5.41) is 0. The lowest BCUT2D eigenvalue weighted by Gasteiger charge is -2.16. The molecule has 1 saturated heterocycles. The molecular weight excluding hydrogens is 278 g/mol. The normalized spacial score (nSPS) is 21.6. The summed E-state index contributed by atoms with van der Waals surface area (Å²) in [6, 6.07) is 2.39. The summed E-state index contributed by atoms with van der Waals surface area (Å²) in [5.41, 5.74) is 0.834.